The van der Waals surface area contributed by atoms with Crippen molar-refractivity contribution >= 4 is 11.7 Å². The minimum absolute atomic E-state index is 0.0711. The van der Waals surface area contributed by atoms with Crippen LogP contribution in [0.1, 0.15) is 65.5 Å². The molecule has 4 heteroatoms. The number of carbonyl (C=O) groups excluding carboxylic acids is 1. The lowest BCUT2D eigenvalue weighted by Crippen LogP contribution is -2.17. The molecule has 1 saturated carbocycles. The first-order valence-electron chi connectivity index (χ1n) is 8.48. The van der Waals surface area contributed by atoms with Crippen molar-refractivity contribution in [3.8, 4) is 0 Å². The Morgan fingerprint density at radius 3 is 2.61 bits per heavy atom. The van der Waals surface area contributed by atoms with Gasteiger partial charge in [0.15, 0.2) is 0 Å². The van der Waals surface area contributed by atoms with Gasteiger partial charge in [-0.2, -0.15) is 0 Å². The van der Waals surface area contributed by atoms with Crippen LogP contribution >= 0.6 is 0 Å². The summed E-state index contributed by atoms with van der Waals surface area (Å²) < 4.78 is 2.36. The molecule has 1 amide bonds. The maximum atomic E-state index is 12.6. The summed E-state index contributed by atoms with van der Waals surface area (Å²) in [5.41, 5.74) is 4.09. The summed E-state index contributed by atoms with van der Waals surface area (Å²) in [5, 5.41) is 2.92. The summed E-state index contributed by atoms with van der Waals surface area (Å²) in [6.07, 6.45) is 8.07. The highest BCUT2D eigenvalue weighted by atomic mass is 16.1. The van der Waals surface area contributed by atoms with Crippen LogP contribution in [0.5, 0.6) is 0 Å². The maximum absolute atomic E-state index is 12.6. The van der Waals surface area contributed by atoms with Crippen LogP contribution in [0.15, 0.2) is 24.4 Å². The zero-order valence-corrected chi connectivity index (χ0v) is 14.2. The molecule has 0 aliphatic heterocycles. The number of nitrogens with zero attached hydrogens (tertiary/aromatic N) is 2. The summed E-state index contributed by atoms with van der Waals surface area (Å²) in [5.74, 6) is 0.538. The van der Waals surface area contributed by atoms with Crippen molar-refractivity contribution in [1.82, 2.24) is 9.55 Å². The molecule has 1 aliphatic rings. The fourth-order valence-electron chi connectivity index (χ4n) is 3.70. The lowest BCUT2D eigenvalue weighted by atomic mass is 9.95. The molecule has 1 aliphatic carbocycles. The highest BCUT2D eigenvalue weighted by Gasteiger charge is 2.22. The SMILES string of the molecule is Cc1ccnc(NC(=O)c2cc(C)n(C3CCCCC3)c2C)c1. The molecule has 1 fully saturated rings. The first-order chi connectivity index (χ1) is 11.1. The zero-order valence-electron chi connectivity index (χ0n) is 14.2. The minimum atomic E-state index is -0.0711. The molecular weight excluding hydrogens is 286 g/mol. The number of nitrogens with one attached hydrogen (secondary N) is 1. The molecule has 0 saturated heterocycles. The van der Waals surface area contributed by atoms with E-state index in [1.54, 1.807) is 6.20 Å². The van der Waals surface area contributed by atoms with Gasteiger partial charge in [-0.25, -0.2) is 4.98 Å². The summed E-state index contributed by atoms with van der Waals surface area (Å²) in [6, 6.07) is 6.36. The average molecular weight is 311 g/mol. The van der Waals surface area contributed by atoms with Crippen molar-refractivity contribution in [3.05, 3.63) is 46.9 Å². The van der Waals surface area contributed by atoms with E-state index in [9.17, 15) is 4.79 Å². The normalized spacial score (nSPS) is 15.6. The smallest absolute Gasteiger partial charge is 0.258 e. The molecule has 0 spiro atoms. The van der Waals surface area contributed by atoms with Crippen molar-refractivity contribution in [3.63, 3.8) is 0 Å². The molecule has 0 aromatic carbocycles. The summed E-state index contributed by atoms with van der Waals surface area (Å²) >= 11 is 0. The summed E-state index contributed by atoms with van der Waals surface area (Å²) in [6.45, 7) is 6.15. The van der Waals surface area contributed by atoms with Crippen LogP contribution in [-0.2, 0) is 0 Å². The van der Waals surface area contributed by atoms with Gasteiger partial charge in [0.1, 0.15) is 5.82 Å². The fourth-order valence-corrected chi connectivity index (χ4v) is 3.70. The van der Waals surface area contributed by atoms with Gasteiger partial charge in [0.2, 0.25) is 0 Å². The van der Waals surface area contributed by atoms with Gasteiger partial charge in [0, 0.05) is 23.6 Å². The average Bonchev–Trinajstić information content (AvgIpc) is 2.83. The minimum Gasteiger partial charge on any atom is -0.345 e. The topological polar surface area (TPSA) is 46.9 Å². The second-order valence-electron chi connectivity index (χ2n) is 6.62. The number of aryl methyl sites for hydroxylation is 2. The molecule has 4 nitrogen and oxygen atoms in total. The summed E-state index contributed by atoms with van der Waals surface area (Å²) in [4.78, 5) is 16.8. The van der Waals surface area contributed by atoms with Gasteiger partial charge < -0.3 is 9.88 Å². The number of anilines is 1. The predicted molar refractivity (Wildman–Crippen MR) is 93.0 cm³/mol. The Kier molecular flexibility index (Phi) is 4.51. The van der Waals surface area contributed by atoms with Gasteiger partial charge in [0.25, 0.3) is 5.91 Å². The Hall–Kier alpha value is -2.10. The first kappa shape index (κ1) is 15.8. The van der Waals surface area contributed by atoms with Crippen LogP contribution in [0.4, 0.5) is 5.82 Å². The van der Waals surface area contributed by atoms with E-state index in [0.29, 0.717) is 11.9 Å². The van der Waals surface area contributed by atoms with Gasteiger partial charge >= 0.3 is 0 Å². The Bertz CT molecular complexity index is 711. The van der Waals surface area contributed by atoms with Crippen molar-refractivity contribution in [2.45, 2.75) is 58.9 Å². The molecule has 1 N–H and O–H groups in total. The van der Waals surface area contributed by atoms with Crippen LogP contribution in [-0.4, -0.2) is 15.5 Å². The molecule has 23 heavy (non-hydrogen) atoms. The standard InChI is InChI=1S/C19H25N3O/c1-13-9-10-20-18(11-13)21-19(23)17-12-14(2)22(15(17)3)16-7-5-4-6-8-16/h9-12,16H,4-8H2,1-3H3,(H,20,21,23). The fraction of sp³-hybridized carbons (Fsp3) is 0.474. The summed E-state index contributed by atoms with van der Waals surface area (Å²) in [7, 11) is 0. The molecule has 2 aromatic rings. The van der Waals surface area contributed by atoms with Crippen LogP contribution in [0, 0.1) is 20.8 Å². The van der Waals surface area contributed by atoms with E-state index >= 15 is 0 Å². The van der Waals surface area contributed by atoms with Crippen molar-refractivity contribution in [1.29, 1.82) is 0 Å². The number of rotatable bonds is 3. The quantitative estimate of drug-likeness (QED) is 0.903. The van der Waals surface area contributed by atoms with Crippen molar-refractivity contribution in [2.75, 3.05) is 5.32 Å². The van der Waals surface area contributed by atoms with E-state index in [1.165, 1.54) is 37.8 Å². The predicted octanol–water partition coefficient (Wildman–Crippen LogP) is 4.57. The van der Waals surface area contributed by atoms with Crippen molar-refractivity contribution in [2.24, 2.45) is 0 Å². The Balaban J connectivity index is 1.84. The molecule has 0 radical (unpaired) electrons. The molecule has 2 aromatic heterocycles. The lowest BCUT2D eigenvalue weighted by Gasteiger charge is -2.26. The second kappa shape index (κ2) is 6.57. The monoisotopic (exact) mass is 311 g/mol. The van der Waals surface area contributed by atoms with Gasteiger partial charge in [-0.3, -0.25) is 4.79 Å². The third-order valence-electron chi connectivity index (χ3n) is 4.83. The van der Waals surface area contributed by atoms with Gasteiger partial charge in [-0.1, -0.05) is 19.3 Å². The number of hydrogen-bond donors (Lipinski definition) is 1. The first-order valence-corrected chi connectivity index (χ1v) is 8.48. The lowest BCUT2D eigenvalue weighted by molar-refractivity contribution is 0.102. The number of carbonyl (C=O) groups is 1. The van der Waals surface area contributed by atoms with E-state index in [1.807, 2.05) is 25.1 Å². The number of pyridine rings is 1. The number of hydrogen-bond acceptors (Lipinski definition) is 2. The highest BCUT2D eigenvalue weighted by Crippen LogP contribution is 2.32. The van der Waals surface area contributed by atoms with Gasteiger partial charge in [-0.05, 0) is 57.4 Å². The third-order valence-corrected chi connectivity index (χ3v) is 4.83. The van der Waals surface area contributed by atoms with E-state index in [0.717, 1.165) is 16.8 Å². The van der Waals surface area contributed by atoms with Crippen LogP contribution in [0.25, 0.3) is 0 Å². The van der Waals surface area contributed by atoms with Crippen LogP contribution in [0.2, 0.25) is 0 Å². The molecular formula is C19H25N3O. The van der Waals surface area contributed by atoms with Gasteiger partial charge in [-0.15, -0.1) is 0 Å². The molecule has 0 unspecified atom stereocenters. The largest absolute Gasteiger partial charge is 0.345 e. The van der Waals surface area contributed by atoms with Gasteiger partial charge in [0.05, 0.1) is 5.56 Å². The molecule has 3 rings (SSSR count). The Morgan fingerprint density at radius 1 is 1.17 bits per heavy atom. The van der Waals surface area contributed by atoms with Crippen molar-refractivity contribution < 1.29 is 4.79 Å². The second-order valence-corrected chi connectivity index (χ2v) is 6.62. The Labute approximate surface area is 137 Å². The van der Waals surface area contributed by atoms with E-state index in [-0.39, 0.29) is 5.91 Å². The van der Waals surface area contributed by atoms with E-state index < -0.39 is 0 Å². The maximum Gasteiger partial charge on any atom is 0.258 e. The number of amides is 1. The van der Waals surface area contributed by atoms with E-state index in [2.05, 4.69) is 28.7 Å². The van der Waals surface area contributed by atoms with E-state index in [4.69, 9.17) is 0 Å². The molecule has 122 valence electrons. The zero-order chi connectivity index (χ0) is 16.4. The molecule has 2 heterocycles. The molecule has 0 atom stereocenters. The highest BCUT2D eigenvalue weighted by molar-refractivity contribution is 6.04. The van der Waals surface area contributed by atoms with Crippen LogP contribution in [0.3, 0.4) is 0 Å². The Morgan fingerprint density at radius 2 is 1.91 bits per heavy atom. The number of aromatic nitrogens is 2. The van der Waals surface area contributed by atoms with Crippen LogP contribution < -0.4 is 5.32 Å². The molecule has 0 bridgehead atoms. The third kappa shape index (κ3) is 3.31.